The monoisotopic (exact) mass is 460 g/mol. The normalized spacial score (nSPS) is 10.9. The van der Waals surface area contributed by atoms with Crippen molar-refractivity contribution < 1.29 is 19.1 Å². The third kappa shape index (κ3) is 5.50. The van der Waals surface area contributed by atoms with Crippen LogP contribution in [0.2, 0.25) is 0 Å². The minimum absolute atomic E-state index is 0.0562. The maximum Gasteiger partial charge on any atom is 0.339 e. The van der Waals surface area contributed by atoms with Gasteiger partial charge in [0.15, 0.2) is 0 Å². The summed E-state index contributed by atoms with van der Waals surface area (Å²) in [4.78, 5) is 30.4. The molecule has 0 bridgehead atoms. The van der Waals surface area contributed by atoms with Gasteiger partial charge in [0, 0.05) is 29.3 Å². The van der Waals surface area contributed by atoms with E-state index < -0.39 is 5.97 Å². The minimum Gasteiger partial charge on any atom is -0.456 e. The van der Waals surface area contributed by atoms with Crippen LogP contribution in [-0.2, 0) is 20.9 Å². The van der Waals surface area contributed by atoms with Crippen molar-refractivity contribution in [3.8, 4) is 0 Å². The second kappa shape index (κ2) is 10.9. The van der Waals surface area contributed by atoms with Gasteiger partial charge in [-0.3, -0.25) is 4.79 Å². The second-order valence-electron chi connectivity index (χ2n) is 7.32. The second-order valence-corrected chi connectivity index (χ2v) is 8.34. The number of benzene rings is 3. The van der Waals surface area contributed by atoms with Gasteiger partial charge in [0.2, 0.25) is 5.91 Å². The zero-order valence-corrected chi connectivity index (χ0v) is 19.1. The first-order valence-electron chi connectivity index (χ1n) is 10.6. The molecule has 0 aliphatic rings. The van der Waals surface area contributed by atoms with Gasteiger partial charge in [0.1, 0.15) is 6.61 Å². The van der Waals surface area contributed by atoms with Gasteiger partial charge in [-0.05, 0) is 23.6 Å². The number of carbonyl (C=O) groups is 2. The Morgan fingerprint density at radius 2 is 1.61 bits per heavy atom. The average molecular weight is 461 g/mol. The molecule has 6 nitrogen and oxygen atoms in total. The molecule has 0 atom stereocenters. The zero-order valence-electron chi connectivity index (χ0n) is 18.2. The summed E-state index contributed by atoms with van der Waals surface area (Å²) in [5, 5.41) is 5.87. The van der Waals surface area contributed by atoms with Crippen molar-refractivity contribution in [1.29, 1.82) is 0 Å². The molecular formula is C26H24N2O4S. The number of hydrogen-bond acceptors (Lipinski definition) is 6. The number of carbonyl (C=O) groups excluding carboxylic acids is 2. The third-order valence-corrected chi connectivity index (χ3v) is 6.20. The SMILES string of the molecule is COCCNC(=O)CSc1ccccc1C(=O)OCc1nc2ccccc2c2ccccc12. The summed E-state index contributed by atoms with van der Waals surface area (Å²) in [5.41, 5.74) is 2.00. The van der Waals surface area contributed by atoms with Gasteiger partial charge in [-0.25, -0.2) is 9.78 Å². The van der Waals surface area contributed by atoms with Crippen LogP contribution in [0.4, 0.5) is 0 Å². The van der Waals surface area contributed by atoms with Crippen LogP contribution in [0.25, 0.3) is 21.7 Å². The number of ether oxygens (including phenoxy) is 2. The van der Waals surface area contributed by atoms with Gasteiger partial charge in [-0.2, -0.15) is 0 Å². The van der Waals surface area contributed by atoms with E-state index in [-0.39, 0.29) is 18.3 Å². The van der Waals surface area contributed by atoms with E-state index in [1.54, 1.807) is 19.2 Å². The van der Waals surface area contributed by atoms with Crippen LogP contribution in [0.15, 0.2) is 77.7 Å². The molecule has 33 heavy (non-hydrogen) atoms. The van der Waals surface area contributed by atoms with E-state index in [0.29, 0.717) is 29.3 Å². The molecule has 0 radical (unpaired) electrons. The fraction of sp³-hybridized carbons (Fsp3) is 0.192. The number of esters is 1. The Morgan fingerprint density at radius 1 is 0.909 bits per heavy atom. The molecule has 1 amide bonds. The number of pyridine rings is 1. The molecule has 0 saturated carbocycles. The maximum atomic E-state index is 12.9. The lowest BCUT2D eigenvalue weighted by Crippen LogP contribution is -2.28. The first kappa shape index (κ1) is 22.8. The van der Waals surface area contributed by atoms with Crippen molar-refractivity contribution >= 4 is 45.3 Å². The average Bonchev–Trinajstić information content (AvgIpc) is 2.86. The van der Waals surface area contributed by atoms with Crippen LogP contribution in [0, 0.1) is 0 Å². The third-order valence-electron chi connectivity index (χ3n) is 5.12. The summed E-state index contributed by atoms with van der Waals surface area (Å²) < 4.78 is 10.6. The standard InChI is InChI=1S/C26H24N2O4S/c1-31-15-14-27-25(29)17-33-24-13-7-5-11-21(24)26(30)32-16-23-20-10-3-2-8-18(20)19-9-4-6-12-22(19)28-23/h2-13H,14-17H2,1H3,(H,27,29). The predicted octanol–water partition coefficient (Wildman–Crippen LogP) is 4.60. The van der Waals surface area contributed by atoms with Crippen molar-refractivity contribution in [3.63, 3.8) is 0 Å². The van der Waals surface area contributed by atoms with Crippen LogP contribution >= 0.6 is 11.8 Å². The fourth-order valence-corrected chi connectivity index (χ4v) is 4.41. The summed E-state index contributed by atoms with van der Waals surface area (Å²) >= 11 is 1.30. The molecule has 0 unspecified atom stereocenters. The minimum atomic E-state index is -0.447. The van der Waals surface area contributed by atoms with Crippen LogP contribution < -0.4 is 5.32 Å². The Labute approximate surface area is 196 Å². The molecule has 1 aromatic heterocycles. The molecule has 0 aliphatic heterocycles. The van der Waals surface area contributed by atoms with Gasteiger partial charge in [0.05, 0.1) is 29.1 Å². The first-order chi connectivity index (χ1) is 16.2. The van der Waals surface area contributed by atoms with E-state index in [1.807, 2.05) is 60.7 Å². The number of nitrogens with one attached hydrogen (secondary N) is 1. The Kier molecular flexibility index (Phi) is 7.55. The van der Waals surface area contributed by atoms with Crippen molar-refractivity contribution in [2.45, 2.75) is 11.5 Å². The van der Waals surface area contributed by atoms with Crippen LogP contribution in [0.3, 0.4) is 0 Å². The molecule has 4 rings (SSSR count). The van der Waals surface area contributed by atoms with Crippen molar-refractivity contribution in [2.75, 3.05) is 26.0 Å². The maximum absolute atomic E-state index is 12.9. The van der Waals surface area contributed by atoms with E-state index in [2.05, 4.69) is 5.32 Å². The van der Waals surface area contributed by atoms with Crippen molar-refractivity contribution in [2.24, 2.45) is 0 Å². The van der Waals surface area contributed by atoms with E-state index in [4.69, 9.17) is 14.5 Å². The van der Waals surface area contributed by atoms with Crippen molar-refractivity contribution in [1.82, 2.24) is 10.3 Å². The molecular weight excluding hydrogens is 436 g/mol. The molecule has 168 valence electrons. The quantitative estimate of drug-likeness (QED) is 0.170. The molecule has 4 aromatic rings. The van der Waals surface area contributed by atoms with Crippen molar-refractivity contribution in [3.05, 3.63) is 84.1 Å². The molecule has 0 saturated heterocycles. The highest BCUT2D eigenvalue weighted by molar-refractivity contribution is 8.00. The number of hydrogen-bond donors (Lipinski definition) is 1. The van der Waals surface area contributed by atoms with Gasteiger partial charge < -0.3 is 14.8 Å². The van der Waals surface area contributed by atoms with Gasteiger partial charge in [0.25, 0.3) is 0 Å². The highest BCUT2D eigenvalue weighted by Gasteiger charge is 2.16. The molecule has 0 fully saturated rings. The van der Waals surface area contributed by atoms with E-state index in [0.717, 1.165) is 21.7 Å². The number of nitrogens with zero attached hydrogens (tertiary/aromatic N) is 1. The largest absolute Gasteiger partial charge is 0.456 e. The Morgan fingerprint density at radius 3 is 2.42 bits per heavy atom. The fourth-order valence-electron chi connectivity index (χ4n) is 3.54. The van der Waals surface area contributed by atoms with Gasteiger partial charge in [-0.1, -0.05) is 54.6 Å². The number of aromatic nitrogens is 1. The summed E-state index contributed by atoms with van der Waals surface area (Å²) in [5.74, 6) is -0.366. The van der Waals surface area contributed by atoms with Crippen LogP contribution in [0.1, 0.15) is 16.1 Å². The highest BCUT2D eigenvalue weighted by Crippen LogP contribution is 2.27. The lowest BCUT2D eigenvalue weighted by Gasteiger charge is -2.12. The molecule has 7 heteroatoms. The molecule has 0 spiro atoms. The van der Waals surface area contributed by atoms with E-state index in [1.165, 1.54) is 11.8 Å². The number of amides is 1. The number of rotatable bonds is 9. The molecule has 0 aliphatic carbocycles. The summed E-state index contributed by atoms with van der Waals surface area (Å²) in [6.45, 7) is 0.962. The van der Waals surface area contributed by atoms with E-state index >= 15 is 0 Å². The highest BCUT2D eigenvalue weighted by atomic mass is 32.2. The predicted molar refractivity (Wildman–Crippen MR) is 130 cm³/mol. The Balaban J connectivity index is 1.48. The number of fused-ring (bicyclic) bond motifs is 3. The van der Waals surface area contributed by atoms with E-state index in [9.17, 15) is 9.59 Å². The summed E-state index contributed by atoms with van der Waals surface area (Å²) in [6.07, 6.45) is 0. The van der Waals surface area contributed by atoms with Gasteiger partial charge >= 0.3 is 5.97 Å². The summed E-state index contributed by atoms with van der Waals surface area (Å²) in [7, 11) is 1.58. The number of thioether (sulfide) groups is 1. The molecule has 1 heterocycles. The zero-order chi connectivity index (χ0) is 23.0. The molecule has 3 aromatic carbocycles. The Bertz CT molecular complexity index is 1290. The lowest BCUT2D eigenvalue weighted by molar-refractivity contribution is -0.118. The Hall–Kier alpha value is -3.42. The summed E-state index contributed by atoms with van der Waals surface area (Å²) in [6, 6.07) is 23.0. The van der Waals surface area contributed by atoms with Crippen LogP contribution in [0.5, 0.6) is 0 Å². The number of para-hydroxylation sites is 1. The number of methoxy groups -OCH3 is 1. The topological polar surface area (TPSA) is 77.5 Å². The van der Waals surface area contributed by atoms with Crippen LogP contribution in [-0.4, -0.2) is 42.9 Å². The lowest BCUT2D eigenvalue weighted by atomic mass is 10.0. The first-order valence-corrected chi connectivity index (χ1v) is 11.6. The van der Waals surface area contributed by atoms with Gasteiger partial charge in [-0.15, -0.1) is 11.8 Å². The molecule has 1 N–H and O–H groups in total. The smallest absolute Gasteiger partial charge is 0.339 e.